The average Bonchev–Trinajstić information content (AvgIpc) is 2.69. The molecule has 0 aliphatic carbocycles. The summed E-state index contributed by atoms with van der Waals surface area (Å²) >= 11 is 0. The average molecular weight is 283 g/mol. The van der Waals surface area contributed by atoms with E-state index in [9.17, 15) is 19.2 Å². The van der Waals surface area contributed by atoms with E-state index in [0.717, 1.165) is 0 Å². The molecule has 2 amide bonds. The highest BCUT2D eigenvalue weighted by atomic mass is 16.7. The van der Waals surface area contributed by atoms with Gasteiger partial charge in [-0.25, -0.2) is 0 Å². The topological polar surface area (TPSA) is 90.0 Å². The van der Waals surface area contributed by atoms with Gasteiger partial charge in [0.15, 0.2) is 0 Å². The lowest BCUT2D eigenvalue weighted by atomic mass is 10.2. The minimum Gasteiger partial charge on any atom is -0.428 e. The zero-order valence-electron chi connectivity index (χ0n) is 11.3. The predicted molar refractivity (Wildman–Crippen MR) is 67.1 cm³/mol. The maximum Gasteiger partial charge on any atom is 0.308 e. The molecule has 0 aromatic carbocycles. The van der Waals surface area contributed by atoms with Gasteiger partial charge in [-0.3, -0.25) is 24.1 Å². The molecule has 0 aromatic heterocycles. The number of amides is 2. The molecule has 1 rings (SSSR count). The smallest absolute Gasteiger partial charge is 0.308 e. The minimum absolute atomic E-state index is 0.210. The van der Waals surface area contributed by atoms with E-state index in [0.29, 0.717) is 25.8 Å². The Bertz CT molecular complexity index is 411. The van der Waals surface area contributed by atoms with Gasteiger partial charge in [0.1, 0.15) is 0 Å². The molecule has 7 nitrogen and oxygen atoms in total. The molecule has 0 fully saturated rings. The Hall–Kier alpha value is -2.18. The summed E-state index contributed by atoms with van der Waals surface area (Å²) in [5.74, 6) is -1.54. The third kappa shape index (κ3) is 5.64. The van der Waals surface area contributed by atoms with Crippen LogP contribution in [0.3, 0.4) is 0 Å². The zero-order chi connectivity index (χ0) is 15.0. The third-order valence-electron chi connectivity index (χ3n) is 2.65. The Kier molecular flexibility index (Phi) is 6.42. The van der Waals surface area contributed by atoms with E-state index in [2.05, 4.69) is 9.47 Å². The molecule has 0 bridgehead atoms. The van der Waals surface area contributed by atoms with Gasteiger partial charge in [0.2, 0.25) is 6.79 Å². The fourth-order valence-electron chi connectivity index (χ4n) is 1.62. The van der Waals surface area contributed by atoms with Gasteiger partial charge >= 0.3 is 11.9 Å². The van der Waals surface area contributed by atoms with Gasteiger partial charge in [-0.2, -0.15) is 0 Å². The van der Waals surface area contributed by atoms with Crippen molar-refractivity contribution in [2.24, 2.45) is 0 Å². The molecule has 0 radical (unpaired) electrons. The van der Waals surface area contributed by atoms with Crippen LogP contribution in [0.4, 0.5) is 0 Å². The van der Waals surface area contributed by atoms with Crippen molar-refractivity contribution in [2.45, 2.75) is 32.6 Å². The molecule has 0 spiro atoms. The van der Waals surface area contributed by atoms with E-state index in [1.165, 1.54) is 24.0 Å². The molecule has 7 heteroatoms. The van der Waals surface area contributed by atoms with Gasteiger partial charge in [-0.15, -0.1) is 0 Å². The SMILES string of the molecule is CC(=O)OCOC(=O)CCCCCN1C(=O)C=CC1=O. The summed E-state index contributed by atoms with van der Waals surface area (Å²) in [6.45, 7) is 1.22. The number of unbranched alkanes of at least 4 members (excludes halogenated alkanes) is 2. The summed E-state index contributed by atoms with van der Waals surface area (Å²) < 4.78 is 9.12. The molecule has 1 heterocycles. The van der Waals surface area contributed by atoms with Crippen molar-refractivity contribution < 1.29 is 28.7 Å². The fraction of sp³-hybridized carbons (Fsp3) is 0.538. The molecule has 0 aromatic rings. The lowest BCUT2D eigenvalue weighted by Crippen LogP contribution is -2.30. The van der Waals surface area contributed by atoms with E-state index >= 15 is 0 Å². The van der Waals surface area contributed by atoms with Gasteiger partial charge in [-0.1, -0.05) is 6.42 Å². The van der Waals surface area contributed by atoms with Crippen LogP contribution in [0.1, 0.15) is 32.6 Å². The second-order valence-corrected chi connectivity index (χ2v) is 4.24. The van der Waals surface area contributed by atoms with Crippen molar-refractivity contribution in [3.05, 3.63) is 12.2 Å². The Labute approximate surface area is 116 Å². The first-order valence-electron chi connectivity index (χ1n) is 6.33. The summed E-state index contributed by atoms with van der Waals surface area (Å²) in [7, 11) is 0. The molecule has 20 heavy (non-hydrogen) atoms. The molecule has 0 unspecified atom stereocenters. The first-order valence-corrected chi connectivity index (χ1v) is 6.33. The van der Waals surface area contributed by atoms with Crippen molar-refractivity contribution in [1.29, 1.82) is 0 Å². The van der Waals surface area contributed by atoms with Crippen LogP contribution in [0.25, 0.3) is 0 Å². The number of esters is 2. The monoisotopic (exact) mass is 283 g/mol. The highest BCUT2D eigenvalue weighted by molar-refractivity contribution is 6.12. The van der Waals surface area contributed by atoms with Crippen molar-refractivity contribution in [1.82, 2.24) is 4.90 Å². The van der Waals surface area contributed by atoms with Crippen LogP contribution in [0.15, 0.2) is 12.2 Å². The fourth-order valence-corrected chi connectivity index (χ4v) is 1.62. The summed E-state index contributed by atoms with van der Waals surface area (Å²) in [6.07, 6.45) is 4.61. The number of hydrogen-bond donors (Lipinski definition) is 0. The number of nitrogens with zero attached hydrogens (tertiary/aromatic N) is 1. The van der Waals surface area contributed by atoms with Crippen molar-refractivity contribution in [3.8, 4) is 0 Å². The Balaban J connectivity index is 2.02. The maximum atomic E-state index is 11.2. The van der Waals surface area contributed by atoms with Crippen LogP contribution >= 0.6 is 0 Å². The molecule has 110 valence electrons. The quantitative estimate of drug-likeness (QED) is 0.279. The molecular formula is C13H17NO6. The first kappa shape index (κ1) is 15.9. The predicted octanol–water partition coefficient (Wildman–Crippen LogP) is 0.536. The lowest BCUT2D eigenvalue weighted by Gasteiger charge is -2.12. The van der Waals surface area contributed by atoms with Crippen LogP contribution in [-0.4, -0.2) is 42.0 Å². The van der Waals surface area contributed by atoms with E-state index in [4.69, 9.17) is 0 Å². The van der Waals surface area contributed by atoms with E-state index in [1.807, 2.05) is 0 Å². The third-order valence-corrected chi connectivity index (χ3v) is 2.65. The number of carbonyl (C=O) groups excluding carboxylic acids is 4. The van der Waals surface area contributed by atoms with E-state index < -0.39 is 11.9 Å². The molecule has 0 N–H and O–H groups in total. The van der Waals surface area contributed by atoms with Crippen LogP contribution in [-0.2, 0) is 28.7 Å². The molecule has 1 aliphatic rings. The summed E-state index contributed by atoms with van der Waals surface area (Å²) in [6, 6.07) is 0. The number of rotatable bonds is 8. The molecular weight excluding hydrogens is 266 g/mol. The minimum atomic E-state index is -0.508. The van der Waals surface area contributed by atoms with Gasteiger partial charge in [0.25, 0.3) is 11.8 Å². The van der Waals surface area contributed by atoms with Crippen LogP contribution in [0.5, 0.6) is 0 Å². The van der Waals surface area contributed by atoms with Crippen LogP contribution in [0.2, 0.25) is 0 Å². The maximum absolute atomic E-state index is 11.2. The number of ether oxygens (including phenoxy) is 2. The Morgan fingerprint density at radius 1 is 1.05 bits per heavy atom. The van der Waals surface area contributed by atoms with Gasteiger partial charge < -0.3 is 9.47 Å². The van der Waals surface area contributed by atoms with Gasteiger partial charge in [-0.05, 0) is 12.8 Å². The number of carbonyl (C=O) groups is 4. The van der Waals surface area contributed by atoms with Gasteiger partial charge in [0.05, 0.1) is 0 Å². The zero-order valence-corrected chi connectivity index (χ0v) is 11.3. The van der Waals surface area contributed by atoms with Crippen LogP contribution < -0.4 is 0 Å². The molecule has 1 aliphatic heterocycles. The van der Waals surface area contributed by atoms with Crippen molar-refractivity contribution in [3.63, 3.8) is 0 Å². The summed E-state index contributed by atoms with van der Waals surface area (Å²) in [5.41, 5.74) is 0. The van der Waals surface area contributed by atoms with Gasteiger partial charge in [0, 0.05) is 32.0 Å². The second-order valence-electron chi connectivity index (χ2n) is 4.24. The van der Waals surface area contributed by atoms with E-state index in [-0.39, 0.29) is 25.0 Å². The Morgan fingerprint density at radius 2 is 1.70 bits per heavy atom. The largest absolute Gasteiger partial charge is 0.428 e. The van der Waals surface area contributed by atoms with E-state index in [1.54, 1.807) is 0 Å². The Morgan fingerprint density at radius 3 is 2.30 bits per heavy atom. The molecule has 0 saturated heterocycles. The van der Waals surface area contributed by atoms with Crippen LogP contribution in [0, 0.1) is 0 Å². The highest BCUT2D eigenvalue weighted by Gasteiger charge is 2.22. The van der Waals surface area contributed by atoms with Crippen molar-refractivity contribution in [2.75, 3.05) is 13.3 Å². The molecule has 0 saturated carbocycles. The standard InChI is InChI=1S/C13H17NO6/c1-10(15)19-9-20-13(18)5-3-2-4-8-14-11(16)6-7-12(14)17/h6-7H,2-5,8-9H2,1H3. The summed E-state index contributed by atoms with van der Waals surface area (Å²) in [5, 5.41) is 0. The summed E-state index contributed by atoms with van der Waals surface area (Å²) in [4.78, 5) is 45.3. The normalized spacial score (nSPS) is 13.8. The highest BCUT2D eigenvalue weighted by Crippen LogP contribution is 2.08. The molecule has 0 atom stereocenters. The number of imide groups is 1. The first-order chi connectivity index (χ1) is 9.50. The number of hydrogen-bond acceptors (Lipinski definition) is 6. The lowest BCUT2D eigenvalue weighted by molar-refractivity contribution is -0.165. The van der Waals surface area contributed by atoms with Crippen molar-refractivity contribution >= 4 is 23.8 Å². The second kappa shape index (κ2) is 8.08.